The third-order valence-corrected chi connectivity index (χ3v) is 4.95. The number of anilines is 1. The van der Waals surface area contributed by atoms with E-state index in [0.29, 0.717) is 15.9 Å². The molecule has 3 aromatic rings. The molecule has 0 unspecified atom stereocenters. The van der Waals surface area contributed by atoms with Gasteiger partial charge in [0.05, 0.1) is 12.7 Å². The molecule has 7 heteroatoms. The van der Waals surface area contributed by atoms with E-state index in [4.69, 9.17) is 4.74 Å². The highest BCUT2D eigenvalue weighted by molar-refractivity contribution is 7.17. The van der Waals surface area contributed by atoms with E-state index < -0.39 is 0 Å². The van der Waals surface area contributed by atoms with E-state index in [1.54, 1.807) is 6.20 Å². The molecule has 0 saturated carbocycles. The summed E-state index contributed by atoms with van der Waals surface area (Å²) >= 11 is 1.17. The summed E-state index contributed by atoms with van der Waals surface area (Å²) in [6, 6.07) is 10.2. The quantitative estimate of drug-likeness (QED) is 0.720. The molecule has 1 aromatic carbocycles. The second-order valence-electron chi connectivity index (χ2n) is 7.23. The fourth-order valence-corrected chi connectivity index (χ4v) is 3.19. The van der Waals surface area contributed by atoms with Crippen LogP contribution in [0.5, 0.6) is 5.19 Å². The van der Waals surface area contributed by atoms with Crippen LogP contribution in [0.15, 0.2) is 36.5 Å². The van der Waals surface area contributed by atoms with Crippen molar-refractivity contribution in [3.05, 3.63) is 53.3 Å². The number of methoxy groups -OCH3 is 1. The van der Waals surface area contributed by atoms with Crippen LogP contribution in [0.2, 0.25) is 0 Å². The van der Waals surface area contributed by atoms with Gasteiger partial charge in [-0.2, -0.15) is 0 Å². The number of amides is 1. The number of aryl methyl sites for hydroxylation is 1. The maximum absolute atomic E-state index is 12.8. The van der Waals surface area contributed by atoms with E-state index in [-0.39, 0.29) is 11.3 Å². The Labute approximate surface area is 162 Å². The van der Waals surface area contributed by atoms with Crippen LogP contribution in [0.3, 0.4) is 0 Å². The van der Waals surface area contributed by atoms with Crippen LogP contribution < -0.4 is 10.1 Å². The normalized spacial score (nSPS) is 11.3. The van der Waals surface area contributed by atoms with Gasteiger partial charge in [-0.15, -0.1) is 5.10 Å². The monoisotopic (exact) mass is 382 g/mol. The number of ether oxygens (including phenoxy) is 1. The Hall–Kier alpha value is -2.80. The van der Waals surface area contributed by atoms with E-state index in [9.17, 15) is 4.79 Å². The molecule has 0 aliphatic carbocycles. The first-order chi connectivity index (χ1) is 12.8. The molecule has 0 atom stereocenters. The molecule has 2 heterocycles. The Morgan fingerprint density at radius 2 is 1.85 bits per heavy atom. The summed E-state index contributed by atoms with van der Waals surface area (Å²) < 4.78 is 5.01. The van der Waals surface area contributed by atoms with Gasteiger partial charge in [-0.05, 0) is 46.4 Å². The van der Waals surface area contributed by atoms with Crippen LogP contribution >= 0.6 is 11.3 Å². The molecule has 2 aromatic heterocycles. The Bertz CT molecular complexity index is 959. The molecule has 27 heavy (non-hydrogen) atoms. The lowest BCUT2D eigenvalue weighted by Crippen LogP contribution is -2.14. The zero-order chi connectivity index (χ0) is 19.6. The van der Waals surface area contributed by atoms with E-state index in [2.05, 4.69) is 53.4 Å². The molecule has 0 fully saturated rings. The SMILES string of the molecule is COc1nnc(NC(=O)c2cnc(C)cc2-c2ccc(C(C)(C)C)cc2)s1. The lowest BCUT2D eigenvalue weighted by Gasteiger charge is -2.19. The predicted molar refractivity (Wildman–Crippen MR) is 108 cm³/mol. The summed E-state index contributed by atoms with van der Waals surface area (Å²) in [5, 5.41) is 11.3. The highest BCUT2D eigenvalue weighted by Gasteiger charge is 2.18. The summed E-state index contributed by atoms with van der Waals surface area (Å²) in [5.74, 6) is -0.281. The third-order valence-electron chi connectivity index (χ3n) is 4.15. The first-order valence-electron chi connectivity index (χ1n) is 8.54. The van der Waals surface area contributed by atoms with Crippen molar-refractivity contribution in [1.82, 2.24) is 15.2 Å². The van der Waals surface area contributed by atoms with Gasteiger partial charge in [-0.1, -0.05) is 50.1 Å². The number of carbonyl (C=O) groups is 1. The topological polar surface area (TPSA) is 77.0 Å². The maximum atomic E-state index is 12.8. The summed E-state index contributed by atoms with van der Waals surface area (Å²) in [6.45, 7) is 8.43. The molecule has 3 rings (SSSR count). The maximum Gasteiger partial charge on any atom is 0.295 e. The van der Waals surface area contributed by atoms with Gasteiger partial charge >= 0.3 is 0 Å². The van der Waals surface area contributed by atoms with Gasteiger partial charge in [-0.25, -0.2) is 0 Å². The average Bonchev–Trinajstić information content (AvgIpc) is 3.08. The number of nitrogens with zero attached hydrogens (tertiary/aromatic N) is 3. The number of rotatable bonds is 4. The minimum Gasteiger partial charge on any atom is -0.472 e. The zero-order valence-corrected chi connectivity index (χ0v) is 16.8. The Kier molecular flexibility index (Phi) is 5.23. The summed E-state index contributed by atoms with van der Waals surface area (Å²) in [4.78, 5) is 17.1. The van der Waals surface area contributed by atoms with Crippen LogP contribution in [0.1, 0.15) is 42.4 Å². The lowest BCUT2D eigenvalue weighted by atomic mass is 9.86. The minimum atomic E-state index is -0.281. The van der Waals surface area contributed by atoms with E-state index in [0.717, 1.165) is 16.8 Å². The number of hydrogen-bond donors (Lipinski definition) is 1. The predicted octanol–water partition coefficient (Wildman–Crippen LogP) is 4.47. The number of carbonyl (C=O) groups excluding carboxylic acids is 1. The lowest BCUT2D eigenvalue weighted by molar-refractivity contribution is 0.102. The van der Waals surface area contributed by atoms with E-state index in [1.165, 1.54) is 24.0 Å². The molecule has 0 saturated heterocycles. The number of aromatic nitrogens is 3. The zero-order valence-electron chi connectivity index (χ0n) is 16.0. The largest absolute Gasteiger partial charge is 0.472 e. The van der Waals surface area contributed by atoms with Crippen molar-refractivity contribution >= 4 is 22.4 Å². The first kappa shape index (κ1) is 19.0. The number of hydrogen-bond acceptors (Lipinski definition) is 6. The van der Waals surface area contributed by atoms with Gasteiger partial charge in [0.15, 0.2) is 0 Å². The van der Waals surface area contributed by atoms with E-state index >= 15 is 0 Å². The number of pyridine rings is 1. The van der Waals surface area contributed by atoms with Crippen molar-refractivity contribution < 1.29 is 9.53 Å². The van der Waals surface area contributed by atoms with Crippen LogP contribution in [-0.4, -0.2) is 28.2 Å². The summed E-state index contributed by atoms with van der Waals surface area (Å²) in [7, 11) is 1.51. The van der Waals surface area contributed by atoms with Gasteiger partial charge in [0.25, 0.3) is 11.1 Å². The molecule has 0 radical (unpaired) electrons. The molecule has 0 spiro atoms. The fraction of sp³-hybridized carbons (Fsp3) is 0.300. The second kappa shape index (κ2) is 7.44. The van der Waals surface area contributed by atoms with Gasteiger partial charge in [0, 0.05) is 11.9 Å². The van der Waals surface area contributed by atoms with Gasteiger partial charge in [-0.3, -0.25) is 15.1 Å². The number of nitrogens with one attached hydrogen (secondary N) is 1. The van der Waals surface area contributed by atoms with Crippen molar-refractivity contribution in [1.29, 1.82) is 0 Å². The molecule has 1 amide bonds. The smallest absolute Gasteiger partial charge is 0.295 e. The van der Waals surface area contributed by atoms with Crippen LogP contribution in [0, 0.1) is 6.92 Å². The van der Waals surface area contributed by atoms with Crippen LogP contribution in [-0.2, 0) is 5.41 Å². The molecule has 1 N–H and O–H groups in total. The molecule has 0 aliphatic rings. The number of benzene rings is 1. The summed E-state index contributed by atoms with van der Waals surface area (Å²) in [6.07, 6.45) is 1.59. The fourth-order valence-electron chi connectivity index (χ4n) is 2.64. The van der Waals surface area contributed by atoms with Crippen molar-refractivity contribution in [3.63, 3.8) is 0 Å². The highest BCUT2D eigenvalue weighted by atomic mass is 32.1. The minimum absolute atomic E-state index is 0.0732. The highest BCUT2D eigenvalue weighted by Crippen LogP contribution is 2.29. The molecular weight excluding hydrogens is 360 g/mol. The Morgan fingerprint density at radius 3 is 2.44 bits per heavy atom. The van der Waals surface area contributed by atoms with Crippen LogP contribution in [0.25, 0.3) is 11.1 Å². The van der Waals surface area contributed by atoms with Crippen molar-refractivity contribution in [2.45, 2.75) is 33.1 Å². The Morgan fingerprint density at radius 1 is 1.15 bits per heavy atom. The summed E-state index contributed by atoms with van der Waals surface area (Å²) in [5.41, 5.74) is 4.44. The first-order valence-corrected chi connectivity index (χ1v) is 9.36. The van der Waals surface area contributed by atoms with Crippen LogP contribution in [0.4, 0.5) is 5.13 Å². The van der Waals surface area contributed by atoms with Crippen molar-refractivity contribution in [3.8, 4) is 16.3 Å². The molecule has 6 nitrogen and oxygen atoms in total. The standard InChI is InChI=1S/C20H22N4O2S/c1-12-10-15(13-6-8-14(9-7-13)20(2,3)4)16(11-21-12)17(25)22-18-23-24-19(26-5)27-18/h6-11H,1-5H3,(H,22,23,25). The van der Waals surface area contributed by atoms with Gasteiger partial charge < -0.3 is 4.74 Å². The Balaban J connectivity index is 1.94. The third kappa shape index (κ3) is 4.31. The van der Waals surface area contributed by atoms with Gasteiger partial charge in [0.2, 0.25) is 5.13 Å². The van der Waals surface area contributed by atoms with Crippen molar-refractivity contribution in [2.24, 2.45) is 0 Å². The second-order valence-corrected chi connectivity index (χ2v) is 8.17. The van der Waals surface area contributed by atoms with E-state index in [1.807, 2.05) is 25.1 Å². The molecule has 0 aliphatic heterocycles. The van der Waals surface area contributed by atoms with Gasteiger partial charge in [0.1, 0.15) is 0 Å². The molecule has 0 bridgehead atoms. The molecular formula is C20H22N4O2S. The molecule has 140 valence electrons. The average molecular weight is 382 g/mol. The van der Waals surface area contributed by atoms with Crippen molar-refractivity contribution in [2.75, 3.05) is 12.4 Å².